The molecular weight excluding hydrogens is 388 g/mol. The first-order valence-electron chi connectivity index (χ1n) is 10.0. The zero-order valence-corrected chi connectivity index (χ0v) is 18.0. The Balaban J connectivity index is 1.87. The van der Waals surface area contributed by atoms with Crippen LogP contribution in [-0.2, 0) is 21.2 Å². The molecule has 0 aliphatic carbocycles. The van der Waals surface area contributed by atoms with Crippen LogP contribution >= 0.6 is 0 Å². The Kier molecular flexibility index (Phi) is 6.47. The Hall–Kier alpha value is -2.54. The number of sulfonamides is 1. The van der Waals surface area contributed by atoms with Crippen molar-refractivity contribution in [3.8, 4) is 5.75 Å². The first-order valence-corrected chi connectivity index (χ1v) is 11.4. The first-order chi connectivity index (χ1) is 13.9. The molecule has 0 bridgehead atoms. The van der Waals surface area contributed by atoms with E-state index in [0.29, 0.717) is 23.7 Å². The fraction of sp³-hybridized carbons (Fsp3) is 0.409. The van der Waals surface area contributed by atoms with Crippen molar-refractivity contribution in [3.05, 3.63) is 48.0 Å². The number of hydrogen-bond acceptors (Lipinski definition) is 4. The lowest BCUT2D eigenvalue weighted by molar-refractivity contribution is -0.120. The lowest BCUT2D eigenvalue weighted by atomic mass is 10.0. The number of nitrogens with zero attached hydrogens (tertiary/aromatic N) is 1. The second-order valence-electron chi connectivity index (χ2n) is 7.20. The highest BCUT2D eigenvalue weighted by atomic mass is 32.2. The van der Waals surface area contributed by atoms with E-state index >= 15 is 0 Å². The van der Waals surface area contributed by atoms with Crippen molar-refractivity contribution in [2.75, 3.05) is 23.3 Å². The van der Waals surface area contributed by atoms with Crippen LogP contribution < -0.4 is 14.4 Å². The Morgan fingerprint density at radius 1 is 1.14 bits per heavy atom. The average molecular weight is 417 g/mol. The highest BCUT2D eigenvalue weighted by Gasteiger charge is 2.29. The van der Waals surface area contributed by atoms with Gasteiger partial charge < -0.3 is 10.1 Å². The van der Waals surface area contributed by atoms with Crippen LogP contribution in [0.3, 0.4) is 0 Å². The summed E-state index contributed by atoms with van der Waals surface area (Å²) in [5.74, 6) is 0.604. The average Bonchev–Trinajstić information content (AvgIpc) is 2.74. The third-order valence-corrected chi connectivity index (χ3v) is 7.25. The third kappa shape index (κ3) is 4.40. The summed E-state index contributed by atoms with van der Waals surface area (Å²) >= 11 is 0. The quantitative estimate of drug-likeness (QED) is 0.734. The van der Waals surface area contributed by atoms with Crippen LogP contribution in [0.5, 0.6) is 5.75 Å². The van der Waals surface area contributed by atoms with Gasteiger partial charge in [0.15, 0.2) is 0 Å². The number of aryl methyl sites for hydroxylation is 1. The van der Waals surface area contributed by atoms with E-state index in [1.807, 2.05) is 19.9 Å². The summed E-state index contributed by atoms with van der Waals surface area (Å²) in [6, 6.07) is 11.9. The number of carbonyl (C=O) groups is 1. The highest BCUT2D eigenvalue weighted by Crippen LogP contribution is 2.34. The van der Waals surface area contributed by atoms with Gasteiger partial charge in [0.2, 0.25) is 5.91 Å². The van der Waals surface area contributed by atoms with E-state index in [2.05, 4.69) is 5.32 Å². The van der Waals surface area contributed by atoms with Gasteiger partial charge in [-0.05, 0) is 73.7 Å². The van der Waals surface area contributed by atoms with Gasteiger partial charge in [0.1, 0.15) is 5.75 Å². The van der Waals surface area contributed by atoms with Crippen LogP contribution in [-0.4, -0.2) is 28.0 Å². The summed E-state index contributed by atoms with van der Waals surface area (Å²) in [5, 5.41) is 2.97. The van der Waals surface area contributed by atoms with Gasteiger partial charge >= 0.3 is 0 Å². The molecule has 1 aliphatic rings. The second-order valence-corrected chi connectivity index (χ2v) is 9.06. The topological polar surface area (TPSA) is 75.7 Å². The summed E-state index contributed by atoms with van der Waals surface area (Å²) in [7, 11) is -2.12. The van der Waals surface area contributed by atoms with E-state index in [1.165, 1.54) is 4.31 Å². The molecule has 1 N–H and O–H groups in total. The molecule has 0 fully saturated rings. The van der Waals surface area contributed by atoms with Gasteiger partial charge in [0.05, 0.1) is 17.7 Å². The van der Waals surface area contributed by atoms with E-state index in [9.17, 15) is 13.2 Å². The fourth-order valence-corrected chi connectivity index (χ4v) is 5.21. The largest absolute Gasteiger partial charge is 0.497 e. The van der Waals surface area contributed by atoms with Crippen molar-refractivity contribution < 1.29 is 17.9 Å². The molecule has 0 radical (unpaired) electrons. The zero-order chi connectivity index (χ0) is 21.0. The molecule has 6 nitrogen and oxygen atoms in total. The van der Waals surface area contributed by atoms with E-state index in [1.54, 1.807) is 43.5 Å². The zero-order valence-electron chi connectivity index (χ0n) is 17.1. The molecule has 2 aromatic carbocycles. The molecule has 3 rings (SSSR count). The number of anilines is 2. The van der Waals surface area contributed by atoms with Crippen molar-refractivity contribution in [3.63, 3.8) is 0 Å². The van der Waals surface area contributed by atoms with Gasteiger partial charge in [0.25, 0.3) is 10.0 Å². The predicted molar refractivity (Wildman–Crippen MR) is 115 cm³/mol. The van der Waals surface area contributed by atoms with Gasteiger partial charge in [-0.25, -0.2) is 8.42 Å². The summed E-state index contributed by atoms with van der Waals surface area (Å²) in [5.41, 5.74) is 2.31. The Morgan fingerprint density at radius 3 is 2.45 bits per heavy atom. The molecule has 0 unspecified atom stereocenters. The molecule has 0 aromatic heterocycles. The van der Waals surface area contributed by atoms with Crippen LogP contribution in [0.2, 0.25) is 0 Å². The van der Waals surface area contributed by atoms with Crippen molar-refractivity contribution >= 4 is 27.3 Å². The standard InChI is InChI=1S/C22H28N2O4S/c1-4-16(5-2)22(25)23-18-8-13-21-17(15-18)7-6-14-24(21)29(26,27)20-11-9-19(28-3)10-12-20/h8-13,15-16H,4-7,14H2,1-3H3,(H,23,25). The van der Waals surface area contributed by atoms with Gasteiger partial charge in [-0.1, -0.05) is 13.8 Å². The smallest absolute Gasteiger partial charge is 0.264 e. The molecule has 1 heterocycles. The number of fused-ring (bicyclic) bond motifs is 1. The maximum absolute atomic E-state index is 13.2. The second kappa shape index (κ2) is 8.86. The molecule has 1 amide bonds. The van der Waals surface area contributed by atoms with Crippen molar-refractivity contribution in [2.45, 2.75) is 44.4 Å². The molecule has 2 aromatic rings. The van der Waals surface area contributed by atoms with E-state index < -0.39 is 10.0 Å². The number of carbonyl (C=O) groups excluding carboxylic acids is 1. The summed E-state index contributed by atoms with van der Waals surface area (Å²) in [6.45, 7) is 4.44. The molecule has 156 valence electrons. The molecule has 0 saturated heterocycles. The van der Waals surface area contributed by atoms with Gasteiger partial charge in [0, 0.05) is 18.2 Å². The number of amides is 1. The summed E-state index contributed by atoms with van der Waals surface area (Å²) < 4.78 is 33.0. The Morgan fingerprint density at radius 2 is 1.83 bits per heavy atom. The summed E-state index contributed by atoms with van der Waals surface area (Å²) in [6.07, 6.45) is 3.09. The van der Waals surface area contributed by atoms with Crippen LogP contribution in [0.25, 0.3) is 0 Å². The number of rotatable bonds is 7. The number of benzene rings is 2. The molecule has 1 aliphatic heterocycles. The predicted octanol–water partition coefficient (Wildman–Crippen LogP) is 4.21. The minimum Gasteiger partial charge on any atom is -0.497 e. The minimum atomic E-state index is -3.67. The van der Waals surface area contributed by atoms with Crippen LogP contribution in [0.15, 0.2) is 47.4 Å². The van der Waals surface area contributed by atoms with Crippen molar-refractivity contribution in [2.24, 2.45) is 5.92 Å². The first kappa shape index (κ1) is 21.2. The molecule has 0 spiro atoms. The minimum absolute atomic E-state index is 0.00784. The van der Waals surface area contributed by atoms with Gasteiger partial charge in [-0.15, -0.1) is 0 Å². The van der Waals surface area contributed by atoms with Crippen molar-refractivity contribution in [1.82, 2.24) is 0 Å². The fourth-order valence-electron chi connectivity index (χ4n) is 3.67. The van der Waals surface area contributed by atoms with Gasteiger partial charge in [-0.3, -0.25) is 9.10 Å². The van der Waals surface area contributed by atoms with Gasteiger partial charge in [-0.2, -0.15) is 0 Å². The third-order valence-electron chi connectivity index (χ3n) is 5.43. The maximum atomic E-state index is 13.2. The Bertz CT molecular complexity index is 967. The molecule has 7 heteroatoms. The number of hydrogen-bond donors (Lipinski definition) is 1. The van der Waals surface area contributed by atoms with Crippen LogP contribution in [0, 0.1) is 5.92 Å². The number of methoxy groups -OCH3 is 1. The highest BCUT2D eigenvalue weighted by molar-refractivity contribution is 7.92. The van der Waals surface area contributed by atoms with Crippen LogP contribution in [0.4, 0.5) is 11.4 Å². The van der Waals surface area contributed by atoms with Crippen molar-refractivity contribution in [1.29, 1.82) is 0 Å². The maximum Gasteiger partial charge on any atom is 0.264 e. The number of nitrogens with one attached hydrogen (secondary N) is 1. The summed E-state index contributed by atoms with van der Waals surface area (Å²) in [4.78, 5) is 12.6. The van der Waals surface area contributed by atoms with Crippen LogP contribution in [0.1, 0.15) is 38.7 Å². The monoisotopic (exact) mass is 416 g/mol. The normalized spacial score (nSPS) is 13.9. The van der Waals surface area contributed by atoms with E-state index in [0.717, 1.165) is 31.2 Å². The number of ether oxygens (including phenoxy) is 1. The lowest BCUT2D eigenvalue weighted by Gasteiger charge is -2.31. The molecule has 0 saturated carbocycles. The molecular formula is C22H28N2O4S. The SMILES string of the molecule is CCC(CC)C(=O)Nc1ccc2c(c1)CCCN2S(=O)(=O)c1ccc(OC)cc1. The lowest BCUT2D eigenvalue weighted by Crippen LogP contribution is -2.35. The molecule has 29 heavy (non-hydrogen) atoms. The van der Waals surface area contributed by atoms with E-state index in [-0.39, 0.29) is 16.7 Å². The molecule has 0 atom stereocenters. The Labute approximate surface area is 172 Å². The van der Waals surface area contributed by atoms with E-state index in [4.69, 9.17) is 4.74 Å².